The maximum atomic E-state index is 13.9. The highest BCUT2D eigenvalue weighted by molar-refractivity contribution is 5.92. The molecule has 4 aromatic rings. The van der Waals surface area contributed by atoms with E-state index in [1.54, 1.807) is 30.7 Å². The fourth-order valence-corrected chi connectivity index (χ4v) is 3.22. The highest BCUT2D eigenvalue weighted by atomic mass is 19.1. The molecule has 2 aromatic carbocycles. The molecule has 1 amide bonds. The molecule has 0 unspecified atom stereocenters. The van der Waals surface area contributed by atoms with Crippen molar-refractivity contribution >= 4 is 5.91 Å². The molecular formula is C22H21FN6O. The standard InChI is InChI=1S/C22H21FN6O/c23-19-9-5-4-8-18(19)14-29-15-21(26-27-29)22(30)25-20(17-6-2-1-3-7-17)10-12-28-13-11-24-16-28/h1-9,11,13,15-16,20H,10,12,14H2,(H,25,30)/t20-/m1/s1. The van der Waals surface area contributed by atoms with Crippen LogP contribution in [0.4, 0.5) is 4.39 Å². The predicted molar refractivity (Wildman–Crippen MR) is 109 cm³/mol. The Labute approximate surface area is 173 Å². The van der Waals surface area contributed by atoms with Crippen LogP contribution in [0.1, 0.15) is 34.1 Å². The third-order valence-electron chi connectivity index (χ3n) is 4.80. The molecule has 30 heavy (non-hydrogen) atoms. The van der Waals surface area contributed by atoms with Gasteiger partial charge < -0.3 is 9.88 Å². The van der Waals surface area contributed by atoms with Gasteiger partial charge in [-0.05, 0) is 18.1 Å². The lowest BCUT2D eigenvalue weighted by Gasteiger charge is -2.19. The second kappa shape index (κ2) is 9.13. The van der Waals surface area contributed by atoms with Gasteiger partial charge in [-0.15, -0.1) is 5.10 Å². The van der Waals surface area contributed by atoms with Crippen molar-refractivity contribution < 1.29 is 9.18 Å². The summed E-state index contributed by atoms with van der Waals surface area (Å²) in [6.07, 6.45) is 7.58. The van der Waals surface area contributed by atoms with Crippen molar-refractivity contribution in [2.24, 2.45) is 0 Å². The van der Waals surface area contributed by atoms with Gasteiger partial charge in [0.2, 0.25) is 0 Å². The molecule has 152 valence electrons. The van der Waals surface area contributed by atoms with Gasteiger partial charge in [0.1, 0.15) is 5.82 Å². The van der Waals surface area contributed by atoms with Crippen molar-refractivity contribution in [3.63, 3.8) is 0 Å². The number of imidazole rings is 1. The molecule has 2 heterocycles. The quantitative estimate of drug-likeness (QED) is 0.489. The maximum Gasteiger partial charge on any atom is 0.273 e. The summed E-state index contributed by atoms with van der Waals surface area (Å²) in [5, 5.41) is 11.0. The maximum absolute atomic E-state index is 13.9. The Morgan fingerprint density at radius 2 is 1.90 bits per heavy atom. The van der Waals surface area contributed by atoms with Gasteiger partial charge in [0.15, 0.2) is 5.69 Å². The Morgan fingerprint density at radius 1 is 1.10 bits per heavy atom. The number of carbonyl (C=O) groups excluding carboxylic acids is 1. The summed E-state index contributed by atoms with van der Waals surface area (Å²) >= 11 is 0. The van der Waals surface area contributed by atoms with Crippen molar-refractivity contribution in [3.8, 4) is 0 Å². The number of amides is 1. The molecule has 1 atom stereocenters. The first kappa shape index (κ1) is 19.5. The molecule has 0 aliphatic rings. The zero-order valence-electron chi connectivity index (χ0n) is 16.2. The van der Waals surface area contributed by atoms with Crippen LogP contribution in [0.15, 0.2) is 79.5 Å². The number of hydrogen-bond donors (Lipinski definition) is 1. The fraction of sp³-hybridized carbons (Fsp3) is 0.182. The van der Waals surface area contributed by atoms with Gasteiger partial charge in [0, 0.05) is 24.5 Å². The van der Waals surface area contributed by atoms with Crippen LogP contribution >= 0.6 is 0 Å². The lowest BCUT2D eigenvalue weighted by molar-refractivity contribution is 0.0928. The van der Waals surface area contributed by atoms with E-state index in [2.05, 4.69) is 20.6 Å². The Balaban J connectivity index is 1.45. The van der Waals surface area contributed by atoms with E-state index >= 15 is 0 Å². The second-order valence-electron chi connectivity index (χ2n) is 6.92. The van der Waals surface area contributed by atoms with Crippen LogP contribution in [0.25, 0.3) is 0 Å². The number of aryl methyl sites for hydroxylation is 1. The van der Waals surface area contributed by atoms with E-state index in [9.17, 15) is 9.18 Å². The zero-order chi connectivity index (χ0) is 20.8. The first-order valence-corrected chi connectivity index (χ1v) is 9.64. The van der Waals surface area contributed by atoms with Gasteiger partial charge in [-0.1, -0.05) is 53.7 Å². The summed E-state index contributed by atoms with van der Waals surface area (Å²) in [6, 6.07) is 16.0. The van der Waals surface area contributed by atoms with E-state index < -0.39 is 0 Å². The molecule has 0 bridgehead atoms. The van der Waals surface area contributed by atoms with Crippen LogP contribution in [0.5, 0.6) is 0 Å². The number of aromatic nitrogens is 5. The molecule has 0 saturated carbocycles. The Kier molecular flexibility index (Phi) is 5.93. The molecule has 0 radical (unpaired) electrons. The van der Waals surface area contributed by atoms with Gasteiger partial charge in [0.05, 0.1) is 25.1 Å². The molecule has 0 aliphatic carbocycles. The average Bonchev–Trinajstić information content (AvgIpc) is 3.45. The van der Waals surface area contributed by atoms with Gasteiger partial charge >= 0.3 is 0 Å². The topological polar surface area (TPSA) is 77.6 Å². The minimum Gasteiger partial charge on any atom is -0.344 e. The number of hydrogen-bond acceptors (Lipinski definition) is 4. The van der Waals surface area contributed by atoms with Gasteiger partial charge in [0.25, 0.3) is 5.91 Å². The summed E-state index contributed by atoms with van der Waals surface area (Å²) < 4.78 is 17.3. The molecule has 1 N–H and O–H groups in total. The predicted octanol–water partition coefficient (Wildman–Crippen LogP) is 3.22. The Hall–Kier alpha value is -3.81. The number of carbonyl (C=O) groups is 1. The van der Waals surface area contributed by atoms with Gasteiger partial charge in [-0.25, -0.2) is 14.1 Å². The lowest BCUT2D eigenvalue weighted by Crippen LogP contribution is -2.29. The van der Waals surface area contributed by atoms with Gasteiger partial charge in [-0.2, -0.15) is 0 Å². The number of rotatable bonds is 8. The number of nitrogens with one attached hydrogen (secondary N) is 1. The van der Waals surface area contributed by atoms with Crippen LogP contribution in [-0.2, 0) is 13.1 Å². The first-order valence-electron chi connectivity index (χ1n) is 9.64. The molecule has 0 spiro atoms. The average molecular weight is 404 g/mol. The summed E-state index contributed by atoms with van der Waals surface area (Å²) in [6.45, 7) is 0.912. The number of nitrogens with zero attached hydrogens (tertiary/aromatic N) is 5. The molecule has 0 aliphatic heterocycles. The molecule has 7 nitrogen and oxygen atoms in total. The summed E-state index contributed by atoms with van der Waals surface area (Å²) in [4.78, 5) is 16.9. The minimum atomic E-state index is -0.325. The molecule has 2 aromatic heterocycles. The second-order valence-corrected chi connectivity index (χ2v) is 6.92. The summed E-state index contributed by atoms with van der Waals surface area (Å²) in [7, 11) is 0. The Morgan fingerprint density at radius 3 is 2.67 bits per heavy atom. The van der Waals surface area contributed by atoms with E-state index in [4.69, 9.17) is 0 Å². The third-order valence-corrected chi connectivity index (χ3v) is 4.80. The molecular weight excluding hydrogens is 383 g/mol. The first-order chi connectivity index (χ1) is 14.7. The van der Waals surface area contributed by atoms with E-state index in [0.29, 0.717) is 18.5 Å². The third kappa shape index (κ3) is 4.78. The van der Waals surface area contributed by atoms with Crippen molar-refractivity contribution in [1.82, 2.24) is 29.9 Å². The monoisotopic (exact) mass is 404 g/mol. The molecule has 4 rings (SSSR count). The molecule has 0 saturated heterocycles. The van der Waals surface area contributed by atoms with Crippen LogP contribution in [0.2, 0.25) is 0 Å². The van der Waals surface area contributed by atoms with Gasteiger partial charge in [-0.3, -0.25) is 4.79 Å². The SMILES string of the molecule is O=C(N[C@H](CCn1ccnc1)c1ccccc1)c1cn(Cc2ccccc2F)nn1. The zero-order valence-corrected chi connectivity index (χ0v) is 16.2. The summed E-state index contributed by atoms with van der Waals surface area (Å²) in [5.74, 6) is -0.642. The van der Waals surface area contributed by atoms with Crippen molar-refractivity contribution in [2.45, 2.75) is 25.6 Å². The van der Waals surface area contributed by atoms with E-state index in [-0.39, 0.29) is 30.0 Å². The molecule has 8 heteroatoms. The minimum absolute atomic E-state index is 0.190. The number of benzene rings is 2. The van der Waals surface area contributed by atoms with E-state index in [1.165, 1.54) is 16.9 Å². The number of halogens is 1. The van der Waals surface area contributed by atoms with Crippen LogP contribution in [0, 0.1) is 5.82 Å². The van der Waals surface area contributed by atoms with Crippen LogP contribution < -0.4 is 5.32 Å². The smallest absolute Gasteiger partial charge is 0.273 e. The lowest BCUT2D eigenvalue weighted by atomic mass is 10.0. The summed E-state index contributed by atoms with van der Waals surface area (Å²) in [5.41, 5.74) is 1.68. The van der Waals surface area contributed by atoms with E-state index in [0.717, 1.165) is 5.56 Å². The highest BCUT2D eigenvalue weighted by Gasteiger charge is 2.18. The van der Waals surface area contributed by atoms with Crippen molar-refractivity contribution in [3.05, 3.63) is 102 Å². The highest BCUT2D eigenvalue weighted by Crippen LogP contribution is 2.18. The van der Waals surface area contributed by atoms with Crippen LogP contribution in [0.3, 0.4) is 0 Å². The van der Waals surface area contributed by atoms with Crippen molar-refractivity contribution in [1.29, 1.82) is 0 Å². The van der Waals surface area contributed by atoms with E-state index in [1.807, 2.05) is 41.1 Å². The van der Waals surface area contributed by atoms with Crippen LogP contribution in [-0.4, -0.2) is 30.5 Å². The van der Waals surface area contributed by atoms with Crippen molar-refractivity contribution in [2.75, 3.05) is 0 Å². The fourth-order valence-electron chi connectivity index (χ4n) is 3.22. The largest absolute Gasteiger partial charge is 0.344 e. The normalized spacial score (nSPS) is 11.9. The Bertz CT molecular complexity index is 1090. The molecule has 0 fully saturated rings.